The summed E-state index contributed by atoms with van der Waals surface area (Å²) in [5.41, 5.74) is 5.68. The van der Waals surface area contributed by atoms with Crippen molar-refractivity contribution in [2.45, 2.75) is 0 Å². The number of likely N-dealkylation sites (N-methyl/N-ethyl adjacent to an activating group) is 1. The molecule has 0 aliphatic rings. The average Bonchev–Trinajstić information content (AvgIpc) is 2.36. The van der Waals surface area contributed by atoms with Crippen LogP contribution in [0, 0.1) is 0 Å². The number of primary amides is 1. The van der Waals surface area contributed by atoms with Gasteiger partial charge in [-0.1, -0.05) is 0 Å². The molecule has 1 heterocycles. The van der Waals surface area contributed by atoms with Crippen LogP contribution in [0.25, 0.3) is 0 Å². The molecule has 1 rings (SSSR count). The number of rotatable bonds is 8. The molecule has 0 saturated heterocycles. The third-order valence-corrected chi connectivity index (χ3v) is 2.54. The summed E-state index contributed by atoms with van der Waals surface area (Å²) < 4.78 is 4.99. The number of nitrogens with one attached hydrogen (secondary N) is 1. The lowest BCUT2D eigenvalue weighted by molar-refractivity contribution is 0.100. The van der Waals surface area contributed by atoms with Gasteiger partial charge in [0.05, 0.1) is 12.2 Å². The highest BCUT2D eigenvalue weighted by atomic mass is 16.5. The van der Waals surface area contributed by atoms with Gasteiger partial charge in [-0.25, -0.2) is 4.98 Å². The number of amides is 1. The maximum absolute atomic E-state index is 11.2. The molecule has 18 heavy (non-hydrogen) atoms. The average molecular weight is 252 g/mol. The minimum Gasteiger partial charge on any atom is -0.383 e. The highest BCUT2D eigenvalue weighted by molar-refractivity contribution is 5.97. The molecule has 0 aliphatic carbocycles. The van der Waals surface area contributed by atoms with E-state index in [2.05, 4.69) is 15.2 Å². The van der Waals surface area contributed by atoms with Gasteiger partial charge in [0.1, 0.15) is 5.82 Å². The second-order valence-corrected chi connectivity index (χ2v) is 3.99. The number of ether oxygens (including phenoxy) is 1. The number of nitrogens with zero attached hydrogens (tertiary/aromatic N) is 2. The van der Waals surface area contributed by atoms with E-state index in [1.807, 2.05) is 7.05 Å². The molecule has 3 N–H and O–H groups in total. The minimum absolute atomic E-state index is 0.414. The number of carbonyl (C=O) groups is 1. The Morgan fingerprint density at radius 3 is 3.00 bits per heavy atom. The first-order valence-corrected chi connectivity index (χ1v) is 5.81. The van der Waals surface area contributed by atoms with Crippen molar-refractivity contribution in [1.29, 1.82) is 0 Å². The van der Waals surface area contributed by atoms with Crippen LogP contribution in [0.3, 0.4) is 0 Å². The SMILES string of the molecule is COCCN(C)CCNc1ncccc1C(N)=O. The topological polar surface area (TPSA) is 80.5 Å². The van der Waals surface area contributed by atoms with Gasteiger partial charge in [0, 0.05) is 32.9 Å². The molecule has 1 aromatic heterocycles. The zero-order chi connectivity index (χ0) is 13.4. The summed E-state index contributed by atoms with van der Waals surface area (Å²) in [4.78, 5) is 17.4. The summed E-state index contributed by atoms with van der Waals surface area (Å²) in [7, 11) is 3.69. The highest BCUT2D eigenvalue weighted by Crippen LogP contribution is 2.09. The van der Waals surface area contributed by atoms with Gasteiger partial charge < -0.3 is 20.7 Å². The molecule has 0 saturated carbocycles. The number of nitrogens with two attached hydrogens (primary N) is 1. The number of anilines is 1. The van der Waals surface area contributed by atoms with Gasteiger partial charge in [-0.05, 0) is 19.2 Å². The van der Waals surface area contributed by atoms with Crippen LogP contribution >= 0.6 is 0 Å². The molecule has 0 unspecified atom stereocenters. The Morgan fingerprint density at radius 1 is 1.56 bits per heavy atom. The van der Waals surface area contributed by atoms with Crippen molar-refractivity contribution in [3.05, 3.63) is 23.9 Å². The fourth-order valence-corrected chi connectivity index (χ4v) is 1.47. The summed E-state index contributed by atoms with van der Waals surface area (Å²) in [6, 6.07) is 3.35. The number of aromatic nitrogens is 1. The van der Waals surface area contributed by atoms with Gasteiger partial charge in [0.25, 0.3) is 5.91 Å². The third kappa shape index (κ3) is 4.68. The lowest BCUT2D eigenvalue weighted by Gasteiger charge is -2.16. The van der Waals surface area contributed by atoms with Crippen LogP contribution < -0.4 is 11.1 Å². The van der Waals surface area contributed by atoms with Crippen LogP contribution in [0.5, 0.6) is 0 Å². The Balaban J connectivity index is 2.41. The monoisotopic (exact) mass is 252 g/mol. The largest absolute Gasteiger partial charge is 0.383 e. The predicted molar refractivity (Wildman–Crippen MR) is 70.6 cm³/mol. The fraction of sp³-hybridized carbons (Fsp3) is 0.500. The zero-order valence-corrected chi connectivity index (χ0v) is 10.8. The van der Waals surface area contributed by atoms with Crippen molar-refractivity contribution in [2.75, 3.05) is 45.7 Å². The lowest BCUT2D eigenvalue weighted by Crippen LogP contribution is -2.29. The summed E-state index contributed by atoms with van der Waals surface area (Å²) in [6.07, 6.45) is 1.63. The van der Waals surface area contributed by atoms with Crippen molar-refractivity contribution in [3.8, 4) is 0 Å². The quantitative estimate of drug-likeness (QED) is 0.689. The molecular formula is C12H20N4O2. The Kier molecular flexibility index (Phi) is 6.10. The van der Waals surface area contributed by atoms with Crippen LogP contribution in [0.2, 0.25) is 0 Å². The van der Waals surface area contributed by atoms with Gasteiger partial charge in [-0.15, -0.1) is 0 Å². The number of hydrogen-bond donors (Lipinski definition) is 2. The summed E-state index contributed by atoms with van der Waals surface area (Å²) >= 11 is 0. The van der Waals surface area contributed by atoms with E-state index in [4.69, 9.17) is 10.5 Å². The van der Waals surface area contributed by atoms with E-state index in [1.54, 1.807) is 25.4 Å². The van der Waals surface area contributed by atoms with E-state index in [0.29, 0.717) is 24.5 Å². The molecule has 0 aliphatic heterocycles. The van der Waals surface area contributed by atoms with Gasteiger partial charge in [-0.3, -0.25) is 4.79 Å². The Bertz CT molecular complexity index is 384. The smallest absolute Gasteiger partial charge is 0.252 e. The summed E-state index contributed by atoms with van der Waals surface area (Å²) in [5, 5.41) is 3.11. The van der Waals surface area contributed by atoms with Crippen LogP contribution in [-0.2, 0) is 4.74 Å². The van der Waals surface area contributed by atoms with Gasteiger partial charge in [0.15, 0.2) is 0 Å². The first-order valence-electron chi connectivity index (χ1n) is 5.81. The van der Waals surface area contributed by atoms with Crippen molar-refractivity contribution in [3.63, 3.8) is 0 Å². The standard InChI is InChI=1S/C12H20N4O2/c1-16(8-9-18-2)7-6-15-12-10(11(13)17)4-3-5-14-12/h3-5H,6-9H2,1-2H3,(H2,13,17)(H,14,15). The Labute approximate surface area is 107 Å². The third-order valence-electron chi connectivity index (χ3n) is 2.54. The number of pyridine rings is 1. The maximum atomic E-state index is 11.2. The lowest BCUT2D eigenvalue weighted by atomic mass is 10.2. The molecule has 1 aromatic rings. The fourth-order valence-electron chi connectivity index (χ4n) is 1.47. The van der Waals surface area contributed by atoms with Crippen molar-refractivity contribution in [1.82, 2.24) is 9.88 Å². The van der Waals surface area contributed by atoms with E-state index < -0.39 is 5.91 Å². The van der Waals surface area contributed by atoms with Crippen LogP contribution in [0.1, 0.15) is 10.4 Å². The molecule has 0 radical (unpaired) electrons. The van der Waals surface area contributed by atoms with Crippen molar-refractivity contribution in [2.24, 2.45) is 5.73 Å². The zero-order valence-electron chi connectivity index (χ0n) is 10.8. The Hall–Kier alpha value is -1.66. The van der Waals surface area contributed by atoms with E-state index >= 15 is 0 Å². The maximum Gasteiger partial charge on any atom is 0.252 e. The first-order chi connectivity index (χ1) is 8.65. The molecule has 0 fully saturated rings. The second kappa shape index (κ2) is 7.62. The summed E-state index contributed by atoms with van der Waals surface area (Å²) in [6.45, 7) is 3.09. The van der Waals surface area contributed by atoms with E-state index in [1.165, 1.54) is 0 Å². The number of carbonyl (C=O) groups excluding carboxylic acids is 1. The molecule has 0 bridgehead atoms. The second-order valence-electron chi connectivity index (χ2n) is 3.99. The van der Waals surface area contributed by atoms with E-state index in [9.17, 15) is 4.79 Å². The van der Waals surface area contributed by atoms with Crippen molar-refractivity contribution < 1.29 is 9.53 Å². The minimum atomic E-state index is -0.474. The molecule has 1 amide bonds. The molecule has 0 atom stereocenters. The Morgan fingerprint density at radius 2 is 2.33 bits per heavy atom. The molecular weight excluding hydrogens is 232 g/mol. The molecule has 6 heteroatoms. The van der Waals surface area contributed by atoms with Crippen molar-refractivity contribution >= 4 is 11.7 Å². The summed E-state index contributed by atoms with van der Waals surface area (Å²) in [5.74, 6) is 0.0588. The van der Waals surface area contributed by atoms with Gasteiger partial charge in [-0.2, -0.15) is 0 Å². The molecule has 0 spiro atoms. The predicted octanol–water partition coefficient (Wildman–Crippen LogP) is 0.171. The number of hydrogen-bond acceptors (Lipinski definition) is 5. The van der Waals surface area contributed by atoms with Crippen LogP contribution in [-0.4, -0.2) is 56.2 Å². The van der Waals surface area contributed by atoms with E-state index in [0.717, 1.165) is 13.1 Å². The van der Waals surface area contributed by atoms with Gasteiger partial charge in [0.2, 0.25) is 0 Å². The van der Waals surface area contributed by atoms with Gasteiger partial charge >= 0.3 is 0 Å². The molecule has 0 aromatic carbocycles. The normalized spacial score (nSPS) is 10.6. The number of methoxy groups -OCH3 is 1. The highest BCUT2D eigenvalue weighted by Gasteiger charge is 2.07. The first kappa shape index (κ1) is 14.4. The van der Waals surface area contributed by atoms with Crippen LogP contribution in [0.15, 0.2) is 18.3 Å². The molecule has 6 nitrogen and oxygen atoms in total. The molecule has 100 valence electrons. The van der Waals surface area contributed by atoms with E-state index in [-0.39, 0.29) is 0 Å². The van der Waals surface area contributed by atoms with Crippen LogP contribution in [0.4, 0.5) is 5.82 Å².